The van der Waals surface area contributed by atoms with Gasteiger partial charge in [-0.3, -0.25) is 4.79 Å². The first-order valence-electron chi connectivity index (χ1n) is 6.46. The predicted octanol–water partition coefficient (Wildman–Crippen LogP) is 3.12. The molecule has 0 radical (unpaired) electrons. The molecule has 1 fully saturated rings. The van der Waals surface area contributed by atoms with Crippen molar-refractivity contribution < 1.29 is 9.90 Å². The van der Waals surface area contributed by atoms with Crippen LogP contribution in [-0.2, 0) is 4.79 Å². The Morgan fingerprint density at radius 2 is 2.24 bits per heavy atom. The molecule has 0 aromatic rings. The summed E-state index contributed by atoms with van der Waals surface area (Å²) in [6, 6.07) is 0. The number of carbonyl (C=O) groups excluding carboxylic acids is 1. The topological polar surface area (TPSA) is 37.3 Å². The lowest BCUT2D eigenvalue weighted by atomic mass is 9.69. The van der Waals surface area contributed by atoms with Crippen LogP contribution in [0.4, 0.5) is 0 Å². The van der Waals surface area contributed by atoms with Crippen LogP contribution in [0.3, 0.4) is 0 Å². The van der Waals surface area contributed by atoms with E-state index in [1.54, 1.807) is 0 Å². The van der Waals surface area contributed by atoms with E-state index in [0.717, 1.165) is 25.7 Å². The number of aliphatic hydroxyl groups is 1. The van der Waals surface area contributed by atoms with E-state index in [4.69, 9.17) is 0 Å². The third-order valence-electron chi connectivity index (χ3n) is 4.25. The molecule has 1 rings (SSSR count). The van der Waals surface area contributed by atoms with E-state index in [2.05, 4.69) is 13.2 Å². The van der Waals surface area contributed by atoms with E-state index in [-0.39, 0.29) is 23.9 Å². The van der Waals surface area contributed by atoms with Crippen molar-refractivity contribution in [2.45, 2.75) is 39.0 Å². The van der Waals surface area contributed by atoms with Crippen LogP contribution < -0.4 is 0 Å². The molecule has 96 valence electrons. The van der Waals surface area contributed by atoms with Crippen molar-refractivity contribution in [2.75, 3.05) is 6.61 Å². The average Bonchev–Trinajstić information content (AvgIpc) is 2.59. The molecule has 0 spiro atoms. The highest BCUT2D eigenvalue weighted by Gasteiger charge is 2.47. The van der Waals surface area contributed by atoms with Crippen LogP contribution in [0.1, 0.15) is 39.0 Å². The fourth-order valence-electron chi connectivity index (χ4n) is 3.17. The minimum Gasteiger partial charge on any atom is -0.396 e. The maximum absolute atomic E-state index is 12.0. The van der Waals surface area contributed by atoms with Crippen molar-refractivity contribution in [1.29, 1.82) is 0 Å². The molecule has 0 unspecified atom stereocenters. The van der Waals surface area contributed by atoms with Gasteiger partial charge in [-0.25, -0.2) is 0 Å². The number of ketones is 1. The van der Waals surface area contributed by atoms with Crippen LogP contribution in [0, 0.1) is 17.3 Å². The molecule has 0 saturated heterocycles. The summed E-state index contributed by atoms with van der Waals surface area (Å²) in [4.78, 5) is 12.0. The summed E-state index contributed by atoms with van der Waals surface area (Å²) in [7, 11) is 0. The monoisotopic (exact) mass is 236 g/mol. The van der Waals surface area contributed by atoms with Gasteiger partial charge in [0.1, 0.15) is 5.78 Å². The molecule has 17 heavy (non-hydrogen) atoms. The number of hydrogen-bond acceptors (Lipinski definition) is 2. The summed E-state index contributed by atoms with van der Waals surface area (Å²) in [5.74, 6) is 0.835. The maximum Gasteiger partial charge on any atom is 0.139 e. The quantitative estimate of drug-likeness (QED) is 0.690. The second kappa shape index (κ2) is 6.15. The summed E-state index contributed by atoms with van der Waals surface area (Å²) >= 11 is 0. The second-order valence-corrected chi connectivity index (χ2v) is 5.29. The Hall–Kier alpha value is -0.890. The zero-order chi connectivity index (χ0) is 12.9. The molecule has 0 heterocycles. The highest BCUT2D eigenvalue weighted by molar-refractivity contribution is 5.87. The lowest BCUT2D eigenvalue weighted by molar-refractivity contribution is -0.127. The number of rotatable bonds is 7. The first-order chi connectivity index (χ1) is 8.10. The molecule has 1 saturated carbocycles. The lowest BCUT2D eigenvalue weighted by Gasteiger charge is -2.34. The molecule has 2 heteroatoms. The molecule has 0 aliphatic heterocycles. The van der Waals surface area contributed by atoms with E-state index >= 15 is 0 Å². The lowest BCUT2D eigenvalue weighted by Crippen LogP contribution is -2.34. The second-order valence-electron chi connectivity index (χ2n) is 5.29. The van der Waals surface area contributed by atoms with Crippen LogP contribution >= 0.6 is 0 Å². The molecule has 0 amide bonds. The maximum atomic E-state index is 12.0. The van der Waals surface area contributed by atoms with E-state index in [9.17, 15) is 9.90 Å². The van der Waals surface area contributed by atoms with E-state index in [1.165, 1.54) is 0 Å². The first kappa shape index (κ1) is 14.2. The molecular weight excluding hydrogens is 212 g/mol. The van der Waals surface area contributed by atoms with Crippen LogP contribution in [0.2, 0.25) is 0 Å². The Morgan fingerprint density at radius 1 is 1.53 bits per heavy atom. The zero-order valence-corrected chi connectivity index (χ0v) is 10.8. The molecule has 1 aliphatic carbocycles. The van der Waals surface area contributed by atoms with Crippen LogP contribution in [-0.4, -0.2) is 17.5 Å². The number of allylic oxidation sites excluding steroid dienone is 2. The first-order valence-corrected chi connectivity index (χ1v) is 6.46. The third kappa shape index (κ3) is 2.86. The molecule has 2 nitrogen and oxygen atoms in total. The smallest absolute Gasteiger partial charge is 0.139 e. The molecule has 3 atom stereocenters. The largest absolute Gasteiger partial charge is 0.396 e. The number of Topliss-reactive ketones (excluding diaryl/α,β-unsaturated/α-hetero) is 1. The van der Waals surface area contributed by atoms with Gasteiger partial charge in [-0.05, 0) is 37.5 Å². The Kier molecular flexibility index (Phi) is 5.13. The van der Waals surface area contributed by atoms with Gasteiger partial charge in [0.2, 0.25) is 0 Å². The fourth-order valence-corrected chi connectivity index (χ4v) is 3.17. The van der Waals surface area contributed by atoms with Crippen LogP contribution in [0.25, 0.3) is 0 Å². The summed E-state index contributed by atoms with van der Waals surface area (Å²) in [5, 5.41) is 9.53. The summed E-state index contributed by atoms with van der Waals surface area (Å²) in [6.45, 7) is 9.67. The van der Waals surface area contributed by atoms with Crippen molar-refractivity contribution in [3.8, 4) is 0 Å². The minimum atomic E-state index is -0.309. The van der Waals surface area contributed by atoms with Crippen molar-refractivity contribution >= 4 is 5.78 Å². The summed E-state index contributed by atoms with van der Waals surface area (Å²) < 4.78 is 0. The van der Waals surface area contributed by atoms with E-state index in [1.807, 2.05) is 19.1 Å². The fraction of sp³-hybridized carbons (Fsp3) is 0.667. The molecule has 1 N–H and O–H groups in total. The number of carbonyl (C=O) groups is 1. The molecule has 1 aliphatic rings. The Bertz CT molecular complexity index is 295. The van der Waals surface area contributed by atoms with Gasteiger partial charge in [0.15, 0.2) is 0 Å². The molecular formula is C15H24O2. The van der Waals surface area contributed by atoms with Gasteiger partial charge >= 0.3 is 0 Å². The summed E-state index contributed by atoms with van der Waals surface area (Å²) in [5.41, 5.74) is -0.309. The minimum absolute atomic E-state index is 0.165. The molecule has 0 aromatic carbocycles. The predicted molar refractivity (Wildman–Crippen MR) is 70.7 cm³/mol. The third-order valence-corrected chi connectivity index (χ3v) is 4.25. The average molecular weight is 236 g/mol. The van der Waals surface area contributed by atoms with Gasteiger partial charge in [-0.15, -0.1) is 13.2 Å². The molecule has 0 bridgehead atoms. The van der Waals surface area contributed by atoms with Crippen LogP contribution in [0.15, 0.2) is 25.3 Å². The van der Waals surface area contributed by atoms with Gasteiger partial charge in [-0.2, -0.15) is 0 Å². The normalized spacial score (nSPS) is 30.2. The van der Waals surface area contributed by atoms with Gasteiger partial charge in [0, 0.05) is 18.4 Å². The number of hydrogen-bond donors (Lipinski definition) is 1. The van der Waals surface area contributed by atoms with Crippen molar-refractivity contribution in [2.24, 2.45) is 17.3 Å². The highest BCUT2D eigenvalue weighted by atomic mass is 16.3. The highest BCUT2D eigenvalue weighted by Crippen LogP contribution is 2.48. The van der Waals surface area contributed by atoms with Gasteiger partial charge in [0.05, 0.1) is 0 Å². The number of aliphatic hydroxyl groups excluding tert-OH is 1. The van der Waals surface area contributed by atoms with E-state index in [0.29, 0.717) is 12.2 Å². The van der Waals surface area contributed by atoms with E-state index < -0.39 is 0 Å². The summed E-state index contributed by atoms with van der Waals surface area (Å²) in [6.07, 6.45) is 7.82. The Morgan fingerprint density at radius 3 is 2.76 bits per heavy atom. The standard InChI is InChI=1S/C15H24O2/c1-4-6-7-12(11-16)13-8-9-14(17)15(13,3)10-5-2/h4-5,12-13,16H,1-2,6-11H2,3H3/t12-,13+,15+/m0/s1. The van der Waals surface area contributed by atoms with Crippen LogP contribution in [0.5, 0.6) is 0 Å². The van der Waals surface area contributed by atoms with Gasteiger partial charge in [0.25, 0.3) is 0 Å². The van der Waals surface area contributed by atoms with Crippen molar-refractivity contribution in [3.05, 3.63) is 25.3 Å². The van der Waals surface area contributed by atoms with Crippen molar-refractivity contribution in [1.82, 2.24) is 0 Å². The SMILES string of the molecule is C=CCC[C@@H](CO)[C@H]1CCC(=O)[C@]1(C)CC=C. The van der Waals surface area contributed by atoms with Crippen molar-refractivity contribution in [3.63, 3.8) is 0 Å². The molecule has 0 aromatic heterocycles. The van der Waals surface area contributed by atoms with Gasteiger partial charge in [-0.1, -0.05) is 19.1 Å². The zero-order valence-electron chi connectivity index (χ0n) is 10.8. The Labute approximate surface area is 104 Å². The Balaban J connectivity index is 2.82. The van der Waals surface area contributed by atoms with Gasteiger partial charge < -0.3 is 5.11 Å².